The molecular formula is C14H27N3. The van der Waals surface area contributed by atoms with Crippen molar-refractivity contribution in [3.8, 4) is 0 Å². The molecule has 3 heteroatoms. The van der Waals surface area contributed by atoms with Gasteiger partial charge in [0.1, 0.15) is 0 Å². The average molecular weight is 237 g/mol. The van der Waals surface area contributed by atoms with E-state index < -0.39 is 0 Å². The van der Waals surface area contributed by atoms with Gasteiger partial charge in [-0.15, -0.1) is 0 Å². The largest absolute Gasteiger partial charge is 0.357 e. The highest BCUT2D eigenvalue weighted by atomic mass is 15.2. The molecule has 2 rings (SSSR count). The van der Waals surface area contributed by atoms with Crippen LogP contribution in [0.4, 0.5) is 0 Å². The first-order valence-electron chi connectivity index (χ1n) is 7.35. The second kappa shape index (κ2) is 6.27. The van der Waals surface area contributed by atoms with Crippen LogP contribution in [-0.2, 0) is 0 Å². The zero-order chi connectivity index (χ0) is 12.1. The minimum atomic E-state index is 0.944. The minimum absolute atomic E-state index is 0.944. The van der Waals surface area contributed by atoms with Crippen LogP contribution in [0, 0.1) is 17.8 Å². The summed E-state index contributed by atoms with van der Waals surface area (Å²) in [5.41, 5.74) is 0. The molecule has 3 nitrogen and oxygen atoms in total. The predicted molar refractivity (Wildman–Crippen MR) is 73.2 cm³/mol. The van der Waals surface area contributed by atoms with Crippen molar-refractivity contribution < 1.29 is 0 Å². The molecule has 0 heterocycles. The van der Waals surface area contributed by atoms with E-state index in [0.29, 0.717) is 0 Å². The van der Waals surface area contributed by atoms with Gasteiger partial charge >= 0.3 is 0 Å². The molecule has 17 heavy (non-hydrogen) atoms. The summed E-state index contributed by atoms with van der Waals surface area (Å²) in [7, 11) is 0. The van der Waals surface area contributed by atoms with E-state index in [0.717, 1.165) is 43.3 Å². The summed E-state index contributed by atoms with van der Waals surface area (Å²) in [6.07, 6.45) is 7.29. The predicted octanol–water partition coefficient (Wildman–Crippen LogP) is 2.39. The highest BCUT2D eigenvalue weighted by Crippen LogP contribution is 2.49. The summed E-state index contributed by atoms with van der Waals surface area (Å²) in [5, 5.41) is 6.56. The second-order valence-electron chi connectivity index (χ2n) is 5.51. The van der Waals surface area contributed by atoms with Gasteiger partial charge in [-0.25, -0.2) is 0 Å². The van der Waals surface area contributed by atoms with Crippen LogP contribution in [-0.4, -0.2) is 25.6 Å². The summed E-state index contributed by atoms with van der Waals surface area (Å²) in [4.78, 5) is 4.64. The lowest BCUT2D eigenvalue weighted by molar-refractivity contribution is 0.318. The van der Waals surface area contributed by atoms with E-state index in [1.807, 2.05) is 0 Å². The standard InChI is InChI=1S/C14H27N3/c1-3-15-14(16-4-2)17-8-7-13-10-11-5-6-12(13)9-11/h11-13H,3-10H2,1-2H3,(H2,15,16,17). The number of hydrogen-bond acceptors (Lipinski definition) is 1. The Balaban J connectivity index is 1.71. The van der Waals surface area contributed by atoms with Gasteiger partial charge in [-0.2, -0.15) is 0 Å². The molecule has 3 unspecified atom stereocenters. The molecular weight excluding hydrogens is 210 g/mol. The highest BCUT2D eigenvalue weighted by molar-refractivity contribution is 5.79. The van der Waals surface area contributed by atoms with Crippen LogP contribution in [0.5, 0.6) is 0 Å². The van der Waals surface area contributed by atoms with E-state index in [1.54, 1.807) is 0 Å². The van der Waals surface area contributed by atoms with Crippen LogP contribution in [0.2, 0.25) is 0 Å². The molecule has 0 aromatic carbocycles. The fourth-order valence-corrected chi connectivity index (χ4v) is 3.58. The SMILES string of the molecule is CCNC(=NCCC1CC2CCC1C2)NCC. The Morgan fingerprint density at radius 2 is 1.88 bits per heavy atom. The Morgan fingerprint density at radius 3 is 2.41 bits per heavy atom. The molecule has 2 N–H and O–H groups in total. The fourth-order valence-electron chi connectivity index (χ4n) is 3.58. The van der Waals surface area contributed by atoms with Crippen LogP contribution < -0.4 is 10.6 Å². The Morgan fingerprint density at radius 1 is 1.12 bits per heavy atom. The smallest absolute Gasteiger partial charge is 0.191 e. The zero-order valence-electron chi connectivity index (χ0n) is 11.3. The van der Waals surface area contributed by atoms with Crippen LogP contribution in [0.25, 0.3) is 0 Å². The van der Waals surface area contributed by atoms with Gasteiger partial charge in [-0.3, -0.25) is 4.99 Å². The number of guanidine groups is 1. The summed E-state index contributed by atoms with van der Waals surface area (Å²) < 4.78 is 0. The van der Waals surface area contributed by atoms with Gasteiger partial charge in [0.25, 0.3) is 0 Å². The Bertz CT molecular complexity index is 254. The molecule has 0 aromatic heterocycles. The molecule has 0 aromatic rings. The lowest BCUT2D eigenvalue weighted by Gasteiger charge is -2.20. The monoisotopic (exact) mass is 237 g/mol. The minimum Gasteiger partial charge on any atom is -0.357 e. The summed E-state index contributed by atoms with van der Waals surface area (Å²) in [6, 6.07) is 0. The Labute approximate surface area is 105 Å². The third-order valence-electron chi connectivity index (χ3n) is 4.34. The molecule has 2 bridgehead atoms. The van der Waals surface area contributed by atoms with Gasteiger partial charge in [0, 0.05) is 19.6 Å². The van der Waals surface area contributed by atoms with Crippen LogP contribution in [0.3, 0.4) is 0 Å². The van der Waals surface area contributed by atoms with Crippen molar-refractivity contribution >= 4 is 5.96 Å². The fraction of sp³-hybridized carbons (Fsp3) is 0.929. The molecule has 2 aliphatic carbocycles. The van der Waals surface area contributed by atoms with Gasteiger partial charge in [-0.05, 0) is 57.3 Å². The molecule has 0 amide bonds. The van der Waals surface area contributed by atoms with Crippen LogP contribution in [0.1, 0.15) is 46.0 Å². The maximum Gasteiger partial charge on any atom is 0.191 e. The lowest BCUT2D eigenvalue weighted by Crippen LogP contribution is -2.37. The lowest BCUT2D eigenvalue weighted by atomic mass is 9.86. The van der Waals surface area contributed by atoms with E-state index in [9.17, 15) is 0 Å². The van der Waals surface area contributed by atoms with Crippen molar-refractivity contribution in [1.29, 1.82) is 0 Å². The maximum absolute atomic E-state index is 4.64. The van der Waals surface area contributed by atoms with E-state index in [1.165, 1.54) is 32.1 Å². The zero-order valence-corrected chi connectivity index (χ0v) is 11.3. The summed E-state index contributed by atoms with van der Waals surface area (Å²) >= 11 is 0. The summed E-state index contributed by atoms with van der Waals surface area (Å²) in [5.74, 6) is 4.06. The number of fused-ring (bicyclic) bond motifs is 2. The number of rotatable bonds is 5. The van der Waals surface area contributed by atoms with E-state index in [2.05, 4.69) is 29.5 Å². The average Bonchev–Trinajstić information content (AvgIpc) is 2.91. The third-order valence-corrected chi connectivity index (χ3v) is 4.34. The molecule has 2 saturated carbocycles. The third kappa shape index (κ3) is 3.36. The molecule has 0 saturated heterocycles. The number of hydrogen-bond donors (Lipinski definition) is 2. The first kappa shape index (κ1) is 12.7. The van der Waals surface area contributed by atoms with Gasteiger partial charge in [0.2, 0.25) is 0 Å². The Kier molecular flexibility index (Phi) is 4.69. The van der Waals surface area contributed by atoms with Crippen molar-refractivity contribution in [2.24, 2.45) is 22.7 Å². The molecule has 98 valence electrons. The van der Waals surface area contributed by atoms with Crippen molar-refractivity contribution in [1.82, 2.24) is 10.6 Å². The maximum atomic E-state index is 4.64. The first-order chi connectivity index (χ1) is 8.33. The normalized spacial score (nSPS) is 30.4. The molecule has 2 fully saturated rings. The van der Waals surface area contributed by atoms with Crippen LogP contribution in [0.15, 0.2) is 4.99 Å². The van der Waals surface area contributed by atoms with Gasteiger partial charge in [0.05, 0.1) is 0 Å². The quantitative estimate of drug-likeness (QED) is 0.569. The van der Waals surface area contributed by atoms with Gasteiger partial charge in [0.15, 0.2) is 5.96 Å². The van der Waals surface area contributed by atoms with Crippen molar-refractivity contribution in [2.45, 2.75) is 46.0 Å². The number of nitrogens with zero attached hydrogens (tertiary/aromatic N) is 1. The van der Waals surface area contributed by atoms with E-state index in [4.69, 9.17) is 0 Å². The topological polar surface area (TPSA) is 36.4 Å². The molecule has 0 radical (unpaired) electrons. The van der Waals surface area contributed by atoms with Gasteiger partial charge < -0.3 is 10.6 Å². The molecule has 2 aliphatic rings. The molecule has 0 aliphatic heterocycles. The highest BCUT2D eigenvalue weighted by Gasteiger charge is 2.38. The Hall–Kier alpha value is -0.730. The van der Waals surface area contributed by atoms with Crippen molar-refractivity contribution in [2.75, 3.05) is 19.6 Å². The van der Waals surface area contributed by atoms with Crippen molar-refractivity contribution in [3.63, 3.8) is 0 Å². The number of nitrogens with one attached hydrogen (secondary N) is 2. The van der Waals surface area contributed by atoms with Gasteiger partial charge in [-0.1, -0.05) is 6.42 Å². The van der Waals surface area contributed by atoms with E-state index in [-0.39, 0.29) is 0 Å². The van der Waals surface area contributed by atoms with E-state index >= 15 is 0 Å². The first-order valence-corrected chi connectivity index (χ1v) is 7.35. The van der Waals surface area contributed by atoms with Crippen molar-refractivity contribution in [3.05, 3.63) is 0 Å². The summed E-state index contributed by atoms with van der Waals surface area (Å²) in [6.45, 7) is 7.11. The number of aliphatic imine (C=N–C) groups is 1. The molecule has 0 spiro atoms. The molecule has 3 atom stereocenters. The van der Waals surface area contributed by atoms with Crippen LogP contribution >= 0.6 is 0 Å². The second-order valence-corrected chi connectivity index (χ2v) is 5.51.